The monoisotopic (exact) mass is 404 g/mol. The summed E-state index contributed by atoms with van der Waals surface area (Å²) in [5, 5.41) is 12.7. The fourth-order valence-electron chi connectivity index (χ4n) is 2.69. The first-order valence-electron chi connectivity index (χ1n) is 9.35. The predicted octanol–water partition coefficient (Wildman–Crippen LogP) is 3.74. The molecule has 0 saturated heterocycles. The van der Waals surface area contributed by atoms with Crippen LogP contribution in [0.1, 0.15) is 5.69 Å². The molecule has 31 heavy (non-hydrogen) atoms. The van der Waals surface area contributed by atoms with Crippen LogP contribution in [0.3, 0.4) is 0 Å². The van der Waals surface area contributed by atoms with E-state index in [1.807, 2.05) is 66.7 Å². The number of hydrogen-bond acceptors (Lipinski definition) is 7. The summed E-state index contributed by atoms with van der Waals surface area (Å²) in [6.07, 6.45) is 6.55. The maximum absolute atomic E-state index is 8.68. The number of rotatable bonds is 3. The van der Waals surface area contributed by atoms with E-state index in [1.165, 1.54) is 6.33 Å². The Bertz CT molecular complexity index is 1280. The van der Waals surface area contributed by atoms with Crippen molar-refractivity contribution in [1.82, 2.24) is 34.7 Å². The lowest BCUT2D eigenvalue weighted by Gasteiger charge is -2.02. The van der Waals surface area contributed by atoms with Gasteiger partial charge in [0, 0.05) is 12.4 Å². The second kappa shape index (κ2) is 9.62. The van der Waals surface area contributed by atoms with Crippen molar-refractivity contribution in [2.24, 2.45) is 0 Å². The van der Waals surface area contributed by atoms with Crippen LogP contribution in [0, 0.1) is 11.3 Å². The van der Waals surface area contributed by atoms with Crippen LogP contribution in [0.25, 0.3) is 28.6 Å². The Balaban J connectivity index is 0.000000152. The van der Waals surface area contributed by atoms with Crippen molar-refractivity contribution in [1.29, 1.82) is 5.26 Å². The largest absolute Gasteiger partial charge is 0.255 e. The molecule has 5 aromatic rings. The maximum Gasteiger partial charge on any atom is 0.155 e. The molecule has 148 valence electrons. The van der Waals surface area contributed by atoms with Gasteiger partial charge in [0.25, 0.3) is 0 Å². The highest BCUT2D eigenvalue weighted by molar-refractivity contribution is 5.55. The van der Waals surface area contributed by atoms with Gasteiger partial charge >= 0.3 is 0 Å². The van der Waals surface area contributed by atoms with Gasteiger partial charge in [-0.15, -0.1) is 0 Å². The average molecular weight is 404 g/mol. The highest BCUT2D eigenvalue weighted by atomic mass is 15.3. The summed E-state index contributed by atoms with van der Waals surface area (Å²) in [6.45, 7) is 0. The second-order valence-electron chi connectivity index (χ2n) is 6.17. The van der Waals surface area contributed by atoms with Crippen LogP contribution in [0.15, 0.2) is 97.8 Å². The van der Waals surface area contributed by atoms with E-state index in [4.69, 9.17) is 5.26 Å². The molecule has 0 unspecified atom stereocenters. The summed E-state index contributed by atoms with van der Waals surface area (Å²) in [7, 11) is 0. The summed E-state index contributed by atoms with van der Waals surface area (Å²) in [4.78, 5) is 20.9. The molecule has 0 spiro atoms. The van der Waals surface area contributed by atoms with E-state index in [0.29, 0.717) is 5.69 Å². The van der Waals surface area contributed by atoms with Crippen LogP contribution in [0.4, 0.5) is 0 Å². The van der Waals surface area contributed by atoms with Crippen molar-refractivity contribution in [2.75, 3.05) is 0 Å². The molecule has 5 rings (SSSR count). The van der Waals surface area contributed by atoms with E-state index >= 15 is 0 Å². The van der Waals surface area contributed by atoms with Crippen LogP contribution in [-0.2, 0) is 0 Å². The van der Waals surface area contributed by atoms with Gasteiger partial charge in [-0.3, -0.25) is 9.97 Å². The zero-order valence-corrected chi connectivity index (χ0v) is 16.3. The van der Waals surface area contributed by atoms with Crippen molar-refractivity contribution in [2.45, 2.75) is 0 Å². The van der Waals surface area contributed by atoms with Gasteiger partial charge in [-0.2, -0.15) is 10.4 Å². The lowest BCUT2D eigenvalue weighted by molar-refractivity contribution is 0.846. The van der Waals surface area contributed by atoms with E-state index in [2.05, 4.69) is 30.0 Å². The third-order valence-corrected chi connectivity index (χ3v) is 4.11. The minimum atomic E-state index is 0.410. The number of hydrogen-bond donors (Lipinski definition) is 0. The Morgan fingerprint density at radius 1 is 0.677 bits per heavy atom. The molecular weight excluding hydrogens is 388 g/mol. The molecule has 0 atom stereocenters. The van der Waals surface area contributed by atoms with Crippen LogP contribution in [0.5, 0.6) is 0 Å². The van der Waals surface area contributed by atoms with E-state index in [9.17, 15) is 0 Å². The summed E-state index contributed by atoms with van der Waals surface area (Å²) >= 11 is 0. The summed E-state index contributed by atoms with van der Waals surface area (Å²) in [5.74, 6) is 0.727. The molecule has 8 heteroatoms. The molecule has 0 aromatic carbocycles. The van der Waals surface area contributed by atoms with Crippen molar-refractivity contribution in [3.8, 4) is 34.7 Å². The Hall–Kier alpha value is -4.77. The second-order valence-corrected chi connectivity index (χ2v) is 6.17. The van der Waals surface area contributed by atoms with E-state index in [-0.39, 0.29) is 0 Å². The minimum absolute atomic E-state index is 0.410. The predicted molar refractivity (Wildman–Crippen MR) is 115 cm³/mol. The molecule has 0 bridgehead atoms. The van der Waals surface area contributed by atoms with Crippen LogP contribution >= 0.6 is 0 Å². The Morgan fingerprint density at radius 2 is 1.32 bits per heavy atom. The van der Waals surface area contributed by atoms with E-state index in [0.717, 1.165) is 28.6 Å². The third kappa shape index (κ3) is 4.99. The highest BCUT2D eigenvalue weighted by Gasteiger charge is 2.03. The molecule has 5 aromatic heterocycles. The normalized spacial score (nSPS) is 9.90. The maximum atomic E-state index is 8.68. The molecule has 0 fully saturated rings. The quantitative estimate of drug-likeness (QED) is 0.451. The van der Waals surface area contributed by atoms with Crippen molar-refractivity contribution < 1.29 is 0 Å². The molecule has 5 heterocycles. The SMILES string of the molecule is N#Cc1cccc(-c2ccccn2)n1.c1ccc(-c2cccc(-n3cncn3)n2)nc1. The lowest BCUT2D eigenvalue weighted by Crippen LogP contribution is -1.99. The zero-order chi connectivity index (χ0) is 21.3. The average Bonchev–Trinajstić information content (AvgIpc) is 3.41. The zero-order valence-electron chi connectivity index (χ0n) is 16.3. The molecule has 0 amide bonds. The fraction of sp³-hybridized carbons (Fsp3) is 0. The van der Waals surface area contributed by atoms with Gasteiger partial charge in [-0.1, -0.05) is 24.3 Å². The molecule has 0 N–H and O–H groups in total. The van der Waals surface area contributed by atoms with Gasteiger partial charge in [-0.05, 0) is 48.5 Å². The standard InChI is InChI=1S/C12H9N5.C11H7N3/c1-2-7-14-10(4-1)11-5-3-6-12(16-11)17-9-13-8-15-17;12-8-9-4-3-6-11(14-9)10-5-1-2-7-13-10/h1-9H;1-7H. The number of nitriles is 1. The molecule has 0 aliphatic heterocycles. The van der Waals surface area contributed by atoms with Gasteiger partial charge in [0.15, 0.2) is 5.82 Å². The molecule has 0 aliphatic rings. The van der Waals surface area contributed by atoms with E-state index in [1.54, 1.807) is 35.5 Å². The molecule has 0 aliphatic carbocycles. The van der Waals surface area contributed by atoms with E-state index < -0.39 is 0 Å². The van der Waals surface area contributed by atoms with Crippen molar-refractivity contribution in [3.05, 3.63) is 104 Å². The summed E-state index contributed by atoms with van der Waals surface area (Å²) in [5.41, 5.74) is 3.58. The Kier molecular flexibility index (Phi) is 6.07. The van der Waals surface area contributed by atoms with Crippen LogP contribution < -0.4 is 0 Å². The van der Waals surface area contributed by atoms with Crippen molar-refractivity contribution >= 4 is 0 Å². The molecular formula is C23H16N8. The lowest BCUT2D eigenvalue weighted by atomic mass is 10.2. The fourth-order valence-corrected chi connectivity index (χ4v) is 2.69. The molecule has 0 radical (unpaired) electrons. The highest BCUT2D eigenvalue weighted by Crippen LogP contribution is 2.15. The van der Waals surface area contributed by atoms with Crippen molar-refractivity contribution in [3.63, 3.8) is 0 Å². The topological polar surface area (TPSA) is 106 Å². The summed E-state index contributed by atoms with van der Waals surface area (Å²) < 4.78 is 1.62. The number of aromatic nitrogens is 7. The third-order valence-electron chi connectivity index (χ3n) is 4.11. The first kappa shape index (κ1) is 19.5. The van der Waals surface area contributed by atoms with Gasteiger partial charge in [0.2, 0.25) is 0 Å². The smallest absolute Gasteiger partial charge is 0.155 e. The first-order valence-corrected chi connectivity index (χ1v) is 9.35. The van der Waals surface area contributed by atoms with Gasteiger partial charge in [0.05, 0.1) is 22.8 Å². The summed E-state index contributed by atoms with van der Waals surface area (Å²) in [6, 6.07) is 24.4. The Labute approximate surface area is 178 Å². The van der Waals surface area contributed by atoms with Gasteiger partial charge in [0.1, 0.15) is 24.4 Å². The van der Waals surface area contributed by atoms with Gasteiger partial charge < -0.3 is 0 Å². The van der Waals surface area contributed by atoms with Gasteiger partial charge in [-0.25, -0.2) is 19.6 Å². The Morgan fingerprint density at radius 3 is 1.90 bits per heavy atom. The molecule has 0 saturated carbocycles. The van der Waals surface area contributed by atoms with Crippen LogP contribution in [-0.4, -0.2) is 34.7 Å². The van der Waals surface area contributed by atoms with Crippen LogP contribution in [0.2, 0.25) is 0 Å². The number of pyridine rings is 4. The first-order chi connectivity index (χ1) is 15.3. The minimum Gasteiger partial charge on any atom is -0.255 e. The number of nitrogens with zero attached hydrogens (tertiary/aromatic N) is 8. The molecule has 8 nitrogen and oxygen atoms in total.